The fourth-order valence-electron chi connectivity index (χ4n) is 1.86. The number of hydrogen-bond donors (Lipinski definition) is 2. The van der Waals surface area contributed by atoms with Gasteiger partial charge in [0.15, 0.2) is 0 Å². The highest BCUT2D eigenvalue weighted by Crippen LogP contribution is 2.29. The predicted molar refractivity (Wildman–Crippen MR) is 93.6 cm³/mol. The van der Waals surface area contributed by atoms with Crippen LogP contribution in [0.25, 0.3) is 0 Å². The Hall–Kier alpha value is -1.82. The quantitative estimate of drug-likeness (QED) is 0.735. The number of aromatic nitrogens is 1. The summed E-state index contributed by atoms with van der Waals surface area (Å²) in [7, 11) is 1.66. The number of benzene rings is 1. The predicted octanol–water partition coefficient (Wildman–Crippen LogP) is 4.09. The van der Waals surface area contributed by atoms with E-state index in [9.17, 15) is 4.79 Å². The standard InChI is InChI=1S/C16H17Cl2N3O2/c1-23-9-3-8-19-14-7-6-11(10-20-14)16(22)21-13-5-2-4-12(17)15(13)18/h2,4-7,10H,3,8-9H2,1H3,(H,19,20)(H,21,22). The lowest BCUT2D eigenvalue weighted by Crippen LogP contribution is -2.13. The highest BCUT2D eigenvalue weighted by Gasteiger charge is 2.10. The van der Waals surface area contributed by atoms with Crippen LogP contribution in [0, 0.1) is 0 Å². The highest BCUT2D eigenvalue weighted by atomic mass is 35.5. The molecule has 0 aliphatic carbocycles. The molecule has 7 heteroatoms. The van der Waals surface area contributed by atoms with Crippen molar-refractivity contribution in [2.75, 3.05) is 30.9 Å². The first kappa shape index (κ1) is 17.5. The summed E-state index contributed by atoms with van der Waals surface area (Å²) in [6.07, 6.45) is 2.39. The summed E-state index contributed by atoms with van der Waals surface area (Å²) in [4.78, 5) is 16.4. The van der Waals surface area contributed by atoms with Gasteiger partial charge in [-0.2, -0.15) is 0 Å². The Kier molecular flexibility index (Phi) is 6.65. The molecule has 5 nitrogen and oxygen atoms in total. The van der Waals surface area contributed by atoms with Crippen molar-refractivity contribution < 1.29 is 9.53 Å². The zero-order valence-corrected chi connectivity index (χ0v) is 14.1. The minimum atomic E-state index is -0.299. The number of carbonyl (C=O) groups excluding carboxylic acids is 1. The summed E-state index contributed by atoms with van der Waals surface area (Å²) in [5.74, 6) is 0.408. The summed E-state index contributed by atoms with van der Waals surface area (Å²) >= 11 is 12.0. The van der Waals surface area contributed by atoms with E-state index in [0.717, 1.165) is 13.0 Å². The maximum atomic E-state index is 12.2. The van der Waals surface area contributed by atoms with E-state index in [0.29, 0.717) is 33.7 Å². The minimum absolute atomic E-state index is 0.299. The first-order valence-electron chi connectivity index (χ1n) is 7.06. The summed E-state index contributed by atoms with van der Waals surface area (Å²) in [5.41, 5.74) is 0.898. The van der Waals surface area contributed by atoms with Crippen molar-refractivity contribution in [3.63, 3.8) is 0 Å². The SMILES string of the molecule is COCCCNc1ccc(C(=O)Nc2cccc(Cl)c2Cl)cn1. The Morgan fingerprint density at radius 3 is 2.78 bits per heavy atom. The minimum Gasteiger partial charge on any atom is -0.385 e. The van der Waals surface area contributed by atoms with Gasteiger partial charge in [0.25, 0.3) is 5.91 Å². The van der Waals surface area contributed by atoms with Crippen molar-refractivity contribution in [3.05, 3.63) is 52.1 Å². The molecule has 1 heterocycles. The molecule has 2 N–H and O–H groups in total. The average Bonchev–Trinajstić information content (AvgIpc) is 2.56. The molecule has 1 amide bonds. The number of hydrogen-bond acceptors (Lipinski definition) is 4. The molecule has 2 rings (SSSR count). The Morgan fingerprint density at radius 1 is 1.26 bits per heavy atom. The lowest BCUT2D eigenvalue weighted by Gasteiger charge is -2.09. The van der Waals surface area contributed by atoms with Gasteiger partial charge in [0, 0.05) is 26.5 Å². The fourth-order valence-corrected chi connectivity index (χ4v) is 2.21. The van der Waals surface area contributed by atoms with Gasteiger partial charge in [0.05, 0.1) is 21.3 Å². The molecule has 0 bridgehead atoms. The van der Waals surface area contributed by atoms with Crippen LogP contribution in [0.4, 0.5) is 11.5 Å². The van der Waals surface area contributed by atoms with Gasteiger partial charge < -0.3 is 15.4 Å². The number of pyridine rings is 1. The van der Waals surface area contributed by atoms with E-state index in [1.165, 1.54) is 6.20 Å². The van der Waals surface area contributed by atoms with Gasteiger partial charge in [-0.05, 0) is 30.7 Å². The molecule has 1 aromatic carbocycles. The largest absolute Gasteiger partial charge is 0.385 e. The Morgan fingerprint density at radius 2 is 2.09 bits per heavy atom. The highest BCUT2D eigenvalue weighted by molar-refractivity contribution is 6.44. The molecule has 122 valence electrons. The van der Waals surface area contributed by atoms with Gasteiger partial charge in [0.1, 0.15) is 5.82 Å². The topological polar surface area (TPSA) is 63.2 Å². The molecule has 0 fully saturated rings. The normalized spacial score (nSPS) is 10.4. The van der Waals surface area contributed by atoms with Crippen molar-refractivity contribution in [2.45, 2.75) is 6.42 Å². The number of nitrogens with zero attached hydrogens (tertiary/aromatic N) is 1. The molecular formula is C16H17Cl2N3O2. The second-order valence-electron chi connectivity index (χ2n) is 4.76. The van der Waals surface area contributed by atoms with Gasteiger partial charge in [-0.15, -0.1) is 0 Å². The summed E-state index contributed by atoms with van der Waals surface area (Å²) in [5, 5.41) is 6.56. The van der Waals surface area contributed by atoms with E-state index < -0.39 is 0 Å². The lowest BCUT2D eigenvalue weighted by molar-refractivity contribution is 0.102. The number of ether oxygens (including phenoxy) is 1. The monoisotopic (exact) mass is 353 g/mol. The summed E-state index contributed by atoms with van der Waals surface area (Å²) < 4.78 is 4.97. The average molecular weight is 354 g/mol. The second kappa shape index (κ2) is 8.72. The zero-order chi connectivity index (χ0) is 16.7. The number of carbonyl (C=O) groups is 1. The molecule has 2 aromatic rings. The maximum Gasteiger partial charge on any atom is 0.257 e. The van der Waals surface area contributed by atoms with Crippen molar-refractivity contribution in [2.24, 2.45) is 0 Å². The van der Waals surface area contributed by atoms with Crippen LogP contribution < -0.4 is 10.6 Å². The summed E-state index contributed by atoms with van der Waals surface area (Å²) in [6, 6.07) is 8.51. The molecule has 1 aromatic heterocycles. The molecule has 0 radical (unpaired) electrons. The van der Waals surface area contributed by atoms with Crippen LogP contribution in [0.3, 0.4) is 0 Å². The number of methoxy groups -OCH3 is 1. The molecule has 0 spiro atoms. The Bertz CT molecular complexity index is 663. The third-order valence-electron chi connectivity index (χ3n) is 3.06. The van der Waals surface area contributed by atoms with E-state index in [1.54, 1.807) is 37.4 Å². The molecular weight excluding hydrogens is 337 g/mol. The van der Waals surface area contributed by atoms with Crippen molar-refractivity contribution in [1.82, 2.24) is 4.98 Å². The third-order valence-corrected chi connectivity index (χ3v) is 3.88. The van der Waals surface area contributed by atoms with E-state index in [-0.39, 0.29) is 5.91 Å². The van der Waals surface area contributed by atoms with Crippen LogP contribution in [0.5, 0.6) is 0 Å². The van der Waals surface area contributed by atoms with Crippen molar-refractivity contribution >= 4 is 40.6 Å². The number of amides is 1. The van der Waals surface area contributed by atoms with E-state index in [1.807, 2.05) is 0 Å². The van der Waals surface area contributed by atoms with Gasteiger partial charge >= 0.3 is 0 Å². The Labute approximate surface area is 145 Å². The first-order valence-corrected chi connectivity index (χ1v) is 7.81. The second-order valence-corrected chi connectivity index (χ2v) is 5.55. The van der Waals surface area contributed by atoms with Crippen LogP contribution >= 0.6 is 23.2 Å². The molecule has 23 heavy (non-hydrogen) atoms. The molecule has 0 aliphatic heterocycles. The smallest absolute Gasteiger partial charge is 0.257 e. The molecule has 0 unspecified atom stereocenters. The number of nitrogens with one attached hydrogen (secondary N) is 2. The molecule has 0 atom stereocenters. The maximum absolute atomic E-state index is 12.2. The van der Waals surface area contributed by atoms with E-state index >= 15 is 0 Å². The third kappa shape index (κ3) is 5.10. The molecule has 0 saturated heterocycles. The molecule has 0 aliphatic rings. The van der Waals surface area contributed by atoms with Crippen molar-refractivity contribution in [1.29, 1.82) is 0 Å². The van der Waals surface area contributed by atoms with Gasteiger partial charge in [-0.25, -0.2) is 4.98 Å². The van der Waals surface area contributed by atoms with Crippen molar-refractivity contribution in [3.8, 4) is 0 Å². The van der Waals surface area contributed by atoms with Gasteiger partial charge in [0.2, 0.25) is 0 Å². The fraction of sp³-hybridized carbons (Fsp3) is 0.250. The van der Waals surface area contributed by atoms with E-state index in [4.69, 9.17) is 27.9 Å². The number of rotatable bonds is 7. The van der Waals surface area contributed by atoms with Crippen LogP contribution in [0.15, 0.2) is 36.5 Å². The van der Waals surface area contributed by atoms with Crippen LogP contribution in [0.1, 0.15) is 16.8 Å². The summed E-state index contributed by atoms with van der Waals surface area (Å²) in [6.45, 7) is 1.44. The first-order chi connectivity index (χ1) is 11.1. The number of anilines is 2. The van der Waals surface area contributed by atoms with Gasteiger partial charge in [-0.3, -0.25) is 4.79 Å². The van der Waals surface area contributed by atoms with Gasteiger partial charge in [-0.1, -0.05) is 29.3 Å². The van der Waals surface area contributed by atoms with Crippen LogP contribution in [-0.4, -0.2) is 31.2 Å². The van der Waals surface area contributed by atoms with Crippen LogP contribution in [-0.2, 0) is 4.74 Å². The zero-order valence-electron chi connectivity index (χ0n) is 12.6. The Balaban J connectivity index is 1.96. The lowest BCUT2D eigenvalue weighted by atomic mass is 10.2. The van der Waals surface area contributed by atoms with Crippen LogP contribution in [0.2, 0.25) is 10.0 Å². The molecule has 0 saturated carbocycles. The number of halogens is 2. The van der Waals surface area contributed by atoms with E-state index in [2.05, 4.69) is 15.6 Å².